The summed E-state index contributed by atoms with van der Waals surface area (Å²) in [5.74, 6) is 0.605. The Morgan fingerprint density at radius 2 is 1.79 bits per heavy atom. The van der Waals surface area contributed by atoms with Gasteiger partial charge in [-0.3, -0.25) is 0 Å². The summed E-state index contributed by atoms with van der Waals surface area (Å²) in [6.45, 7) is 8.83. The zero-order chi connectivity index (χ0) is 10.3. The molecule has 74 valence electrons. The van der Waals surface area contributed by atoms with Gasteiger partial charge in [0.15, 0.2) is 0 Å². The fourth-order valence-electron chi connectivity index (χ4n) is 2.06. The van der Waals surface area contributed by atoms with Gasteiger partial charge >= 0.3 is 0 Å². The molecule has 1 aromatic heterocycles. The maximum Gasteiger partial charge on any atom is 0.0459 e. The smallest absolute Gasteiger partial charge is 0.0459 e. The molecule has 14 heavy (non-hydrogen) atoms. The van der Waals surface area contributed by atoms with Gasteiger partial charge in [-0.05, 0) is 48.6 Å². The van der Waals surface area contributed by atoms with E-state index >= 15 is 0 Å². The third kappa shape index (κ3) is 1.33. The number of aromatic amines is 1. The number of aryl methyl sites for hydroxylation is 2. The van der Waals surface area contributed by atoms with Crippen LogP contribution in [0.15, 0.2) is 18.3 Å². The highest BCUT2D eigenvalue weighted by Crippen LogP contribution is 2.26. The molecule has 0 saturated heterocycles. The second kappa shape index (κ2) is 3.16. The summed E-state index contributed by atoms with van der Waals surface area (Å²) < 4.78 is 0. The highest BCUT2D eigenvalue weighted by Gasteiger charge is 2.07. The van der Waals surface area contributed by atoms with Crippen LogP contribution in [0.4, 0.5) is 0 Å². The van der Waals surface area contributed by atoms with Crippen molar-refractivity contribution in [2.75, 3.05) is 0 Å². The van der Waals surface area contributed by atoms with Gasteiger partial charge in [-0.15, -0.1) is 0 Å². The molecule has 1 N–H and O–H groups in total. The molecule has 0 aliphatic rings. The molecule has 0 aliphatic carbocycles. The average molecular weight is 187 g/mol. The van der Waals surface area contributed by atoms with E-state index in [1.165, 1.54) is 27.6 Å². The van der Waals surface area contributed by atoms with Gasteiger partial charge in [0.25, 0.3) is 0 Å². The molecule has 0 amide bonds. The van der Waals surface area contributed by atoms with Crippen molar-refractivity contribution in [3.05, 3.63) is 35.0 Å². The zero-order valence-corrected chi connectivity index (χ0v) is 9.31. The standard InChI is InChI=1S/C13H17N/c1-8(2)11-6-12-10(4)7-14-13(12)5-9(11)3/h5-8,14H,1-4H3. The number of nitrogens with one attached hydrogen (secondary N) is 1. The van der Waals surface area contributed by atoms with Gasteiger partial charge in [-0.1, -0.05) is 13.8 Å². The number of rotatable bonds is 1. The van der Waals surface area contributed by atoms with Crippen molar-refractivity contribution >= 4 is 10.9 Å². The Kier molecular flexibility index (Phi) is 2.10. The van der Waals surface area contributed by atoms with Crippen molar-refractivity contribution in [2.24, 2.45) is 0 Å². The van der Waals surface area contributed by atoms with Crippen LogP contribution < -0.4 is 0 Å². The lowest BCUT2D eigenvalue weighted by molar-refractivity contribution is 0.859. The molecule has 0 fully saturated rings. The number of aromatic nitrogens is 1. The van der Waals surface area contributed by atoms with E-state index in [0.717, 1.165) is 0 Å². The van der Waals surface area contributed by atoms with Crippen LogP contribution in [-0.4, -0.2) is 4.98 Å². The molecule has 0 bridgehead atoms. The Morgan fingerprint density at radius 3 is 2.43 bits per heavy atom. The quantitative estimate of drug-likeness (QED) is 0.696. The van der Waals surface area contributed by atoms with E-state index in [1.807, 2.05) is 0 Å². The summed E-state index contributed by atoms with van der Waals surface area (Å²) in [5, 5.41) is 1.36. The zero-order valence-electron chi connectivity index (χ0n) is 9.31. The maximum absolute atomic E-state index is 3.29. The van der Waals surface area contributed by atoms with Gasteiger partial charge < -0.3 is 4.98 Å². The first-order valence-corrected chi connectivity index (χ1v) is 5.18. The summed E-state index contributed by atoms with van der Waals surface area (Å²) in [6.07, 6.45) is 2.08. The number of hydrogen-bond donors (Lipinski definition) is 1. The topological polar surface area (TPSA) is 15.8 Å². The molecule has 1 aromatic carbocycles. The minimum absolute atomic E-state index is 0.605. The fraction of sp³-hybridized carbons (Fsp3) is 0.385. The number of fused-ring (bicyclic) bond motifs is 1. The van der Waals surface area contributed by atoms with Crippen molar-refractivity contribution in [1.82, 2.24) is 4.98 Å². The first-order chi connectivity index (χ1) is 6.59. The monoisotopic (exact) mass is 187 g/mol. The van der Waals surface area contributed by atoms with Gasteiger partial charge in [0.1, 0.15) is 0 Å². The van der Waals surface area contributed by atoms with Crippen molar-refractivity contribution in [3.8, 4) is 0 Å². The summed E-state index contributed by atoms with van der Waals surface area (Å²) in [5.41, 5.74) is 5.43. The first-order valence-electron chi connectivity index (χ1n) is 5.18. The van der Waals surface area contributed by atoms with Crippen LogP contribution in [0.1, 0.15) is 36.5 Å². The molecular weight excluding hydrogens is 170 g/mol. The first kappa shape index (κ1) is 9.32. The molecule has 0 radical (unpaired) electrons. The van der Waals surface area contributed by atoms with E-state index in [-0.39, 0.29) is 0 Å². The van der Waals surface area contributed by atoms with Crippen LogP contribution in [0.2, 0.25) is 0 Å². The summed E-state index contributed by atoms with van der Waals surface area (Å²) in [4.78, 5) is 3.29. The molecule has 1 heteroatoms. The van der Waals surface area contributed by atoms with Crippen LogP contribution >= 0.6 is 0 Å². The Labute approximate surface area is 85.1 Å². The lowest BCUT2D eigenvalue weighted by atomic mass is 9.96. The normalized spacial score (nSPS) is 11.5. The van der Waals surface area contributed by atoms with Gasteiger partial charge in [0.05, 0.1) is 0 Å². The molecule has 0 aliphatic heterocycles. The highest BCUT2D eigenvalue weighted by atomic mass is 14.7. The maximum atomic E-state index is 3.29. The minimum Gasteiger partial charge on any atom is -0.361 e. The summed E-state index contributed by atoms with van der Waals surface area (Å²) in [6, 6.07) is 4.57. The summed E-state index contributed by atoms with van der Waals surface area (Å²) >= 11 is 0. The third-order valence-corrected chi connectivity index (χ3v) is 2.90. The number of benzene rings is 1. The Morgan fingerprint density at radius 1 is 1.07 bits per heavy atom. The SMILES string of the molecule is Cc1cc2[nH]cc(C)c2cc1C(C)C. The van der Waals surface area contributed by atoms with Crippen LogP contribution in [-0.2, 0) is 0 Å². The van der Waals surface area contributed by atoms with Crippen LogP contribution in [0.25, 0.3) is 10.9 Å². The molecule has 0 unspecified atom stereocenters. The molecule has 0 saturated carbocycles. The third-order valence-electron chi connectivity index (χ3n) is 2.90. The van der Waals surface area contributed by atoms with E-state index in [1.54, 1.807) is 0 Å². The second-order valence-corrected chi connectivity index (χ2v) is 4.38. The van der Waals surface area contributed by atoms with Gasteiger partial charge in [-0.2, -0.15) is 0 Å². The summed E-state index contributed by atoms with van der Waals surface area (Å²) in [7, 11) is 0. The Bertz CT molecular complexity index is 463. The van der Waals surface area contributed by atoms with Crippen molar-refractivity contribution in [3.63, 3.8) is 0 Å². The van der Waals surface area contributed by atoms with Crippen molar-refractivity contribution in [1.29, 1.82) is 0 Å². The molecule has 2 aromatic rings. The van der Waals surface area contributed by atoms with E-state index in [2.05, 4.69) is 51.0 Å². The van der Waals surface area contributed by atoms with E-state index in [4.69, 9.17) is 0 Å². The number of H-pyrrole nitrogens is 1. The van der Waals surface area contributed by atoms with Crippen LogP contribution in [0.5, 0.6) is 0 Å². The van der Waals surface area contributed by atoms with Crippen molar-refractivity contribution in [2.45, 2.75) is 33.6 Å². The largest absolute Gasteiger partial charge is 0.361 e. The molecule has 1 nitrogen and oxygen atoms in total. The lowest BCUT2D eigenvalue weighted by Gasteiger charge is -2.09. The molecular formula is C13H17N. The predicted octanol–water partition coefficient (Wildman–Crippen LogP) is 3.91. The number of hydrogen-bond acceptors (Lipinski definition) is 0. The van der Waals surface area contributed by atoms with Crippen LogP contribution in [0, 0.1) is 13.8 Å². The molecule has 0 spiro atoms. The van der Waals surface area contributed by atoms with Gasteiger partial charge in [-0.25, -0.2) is 0 Å². The highest BCUT2D eigenvalue weighted by molar-refractivity contribution is 5.84. The molecule has 1 heterocycles. The predicted molar refractivity (Wildman–Crippen MR) is 61.9 cm³/mol. The van der Waals surface area contributed by atoms with E-state index in [9.17, 15) is 0 Å². The van der Waals surface area contributed by atoms with Gasteiger partial charge in [0.2, 0.25) is 0 Å². The molecule has 2 rings (SSSR count). The van der Waals surface area contributed by atoms with E-state index in [0.29, 0.717) is 5.92 Å². The Balaban J connectivity index is 2.74. The Hall–Kier alpha value is -1.24. The fourth-order valence-corrected chi connectivity index (χ4v) is 2.06. The lowest BCUT2D eigenvalue weighted by Crippen LogP contribution is -1.91. The van der Waals surface area contributed by atoms with Crippen molar-refractivity contribution < 1.29 is 0 Å². The second-order valence-electron chi connectivity index (χ2n) is 4.38. The van der Waals surface area contributed by atoms with E-state index < -0.39 is 0 Å². The average Bonchev–Trinajstić information content (AvgIpc) is 2.46. The van der Waals surface area contributed by atoms with Crippen LogP contribution in [0.3, 0.4) is 0 Å². The minimum atomic E-state index is 0.605. The molecule has 0 atom stereocenters. The van der Waals surface area contributed by atoms with Gasteiger partial charge in [0, 0.05) is 17.1 Å².